The Bertz CT molecular complexity index is 491. The molecule has 0 atom stereocenters. The van der Waals surface area contributed by atoms with Gasteiger partial charge in [0.1, 0.15) is 0 Å². The molecule has 0 bridgehead atoms. The number of carbonyl (C=O) groups is 2. The van der Waals surface area contributed by atoms with Gasteiger partial charge in [-0.15, -0.1) is 0 Å². The Morgan fingerprint density at radius 2 is 2.10 bits per heavy atom. The molecule has 1 N–H and O–H groups in total. The van der Waals surface area contributed by atoms with E-state index in [9.17, 15) is 9.59 Å². The van der Waals surface area contributed by atoms with Gasteiger partial charge < -0.3 is 10.1 Å². The number of methoxy groups -OCH3 is 1. The van der Waals surface area contributed by atoms with Gasteiger partial charge in [-0.2, -0.15) is 0 Å². The Balaban J connectivity index is 2.45. The summed E-state index contributed by atoms with van der Waals surface area (Å²) in [7, 11) is 3.10. The van der Waals surface area contributed by atoms with E-state index in [0.717, 1.165) is 5.56 Å². The lowest BCUT2D eigenvalue weighted by Gasteiger charge is -2.16. The molecule has 0 saturated carbocycles. The van der Waals surface area contributed by atoms with Crippen molar-refractivity contribution in [1.82, 2.24) is 4.90 Å². The molecule has 0 radical (unpaired) electrons. The fourth-order valence-electron chi connectivity index (χ4n) is 1.62. The van der Waals surface area contributed by atoms with E-state index in [0.29, 0.717) is 17.3 Å². The topological polar surface area (TPSA) is 58.6 Å². The molecule has 0 aliphatic heterocycles. The van der Waals surface area contributed by atoms with Gasteiger partial charge in [0.05, 0.1) is 30.8 Å². The van der Waals surface area contributed by atoms with E-state index in [-0.39, 0.29) is 24.8 Å². The third-order valence-corrected chi connectivity index (χ3v) is 3.05. The predicted octanol–water partition coefficient (Wildman–Crippen LogP) is 2.08. The van der Waals surface area contributed by atoms with Crippen LogP contribution in [0.4, 0.5) is 5.69 Å². The van der Waals surface area contributed by atoms with Crippen molar-refractivity contribution in [3.63, 3.8) is 0 Å². The van der Waals surface area contributed by atoms with Crippen LogP contribution in [-0.2, 0) is 14.3 Å². The molecule has 0 heterocycles. The number of anilines is 1. The van der Waals surface area contributed by atoms with E-state index >= 15 is 0 Å². The summed E-state index contributed by atoms with van der Waals surface area (Å²) >= 11 is 6.04. The average Bonchev–Trinajstić information content (AvgIpc) is 2.39. The summed E-state index contributed by atoms with van der Waals surface area (Å²) in [6.07, 6.45) is 0.256. The zero-order valence-electron chi connectivity index (χ0n) is 11.9. The van der Waals surface area contributed by atoms with Crippen LogP contribution >= 0.6 is 11.6 Å². The summed E-state index contributed by atoms with van der Waals surface area (Å²) in [6.45, 7) is 2.57. The Labute approximate surface area is 123 Å². The van der Waals surface area contributed by atoms with E-state index in [1.54, 1.807) is 24.1 Å². The van der Waals surface area contributed by atoms with E-state index in [1.165, 1.54) is 7.11 Å². The summed E-state index contributed by atoms with van der Waals surface area (Å²) in [5, 5.41) is 3.25. The van der Waals surface area contributed by atoms with Crippen molar-refractivity contribution in [1.29, 1.82) is 0 Å². The molecule has 1 amide bonds. The molecular weight excluding hydrogens is 280 g/mol. The quantitative estimate of drug-likeness (QED) is 0.817. The summed E-state index contributed by atoms with van der Waals surface area (Å²) in [4.78, 5) is 24.6. The summed E-state index contributed by atoms with van der Waals surface area (Å²) in [5.74, 6) is -0.470. The number of aryl methyl sites for hydroxylation is 1. The van der Waals surface area contributed by atoms with Gasteiger partial charge in [0.25, 0.3) is 0 Å². The smallest absolute Gasteiger partial charge is 0.306 e. The fraction of sp³-hybridized carbons (Fsp3) is 0.429. The van der Waals surface area contributed by atoms with Crippen molar-refractivity contribution in [2.45, 2.75) is 13.3 Å². The first kappa shape index (κ1) is 16.5. The zero-order chi connectivity index (χ0) is 15.1. The molecule has 110 valence electrons. The highest BCUT2D eigenvalue weighted by atomic mass is 35.5. The number of halogens is 1. The largest absolute Gasteiger partial charge is 0.469 e. The van der Waals surface area contributed by atoms with Crippen LogP contribution in [0.5, 0.6) is 0 Å². The van der Waals surface area contributed by atoms with Gasteiger partial charge in [-0.1, -0.05) is 17.7 Å². The number of nitrogens with one attached hydrogen (secondary N) is 1. The van der Waals surface area contributed by atoms with Crippen molar-refractivity contribution in [2.24, 2.45) is 0 Å². The first-order valence-electron chi connectivity index (χ1n) is 6.23. The molecule has 0 aromatic heterocycles. The number of esters is 1. The van der Waals surface area contributed by atoms with E-state index < -0.39 is 0 Å². The minimum absolute atomic E-state index is 0.178. The predicted molar refractivity (Wildman–Crippen MR) is 78.9 cm³/mol. The SMILES string of the molecule is COC(=O)CCN(C)CC(=O)Nc1ccc(C)cc1Cl. The maximum absolute atomic E-state index is 11.8. The fourth-order valence-corrected chi connectivity index (χ4v) is 1.90. The third kappa shape index (κ3) is 5.59. The lowest BCUT2D eigenvalue weighted by molar-refractivity contribution is -0.141. The zero-order valence-corrected chi connectivity index (χ0v) is 12.7. The average molecular weight is 299 g/mol. The number of benzene rings is 1. The van der Waals surface area contributed by atoms with Gasteiger partial charge in [0.15, 0.2) is 0 Å². The number of hydrogen-bond acceptors (Lipinski definition) is 4. The minimum atomic E-state index is -0.293. The molecule has 1 aromatic rings. The second-order valence-corrected chi connectivity index (χ2v) is 5.00. The third-order valence-electron chi connectivity index (χ3n) is 2.74. The summed E-state index contributed by atoms with van der Waals surface area (Å²) in [5.41, 5.74) is 1.62. The van der Waals surface area contributed by atoms with Crippen molar-refractivity contribution >= 4 is 29.2 Å². The highest BCUT2D eigenvalue weighted by molar-refractivity contribution is 6.33. The molecule has 1 rings (SSSR count). The van der Waals surface area contributed by atoms with Crippen LogP contribution in [0.25, 0.3) is 0 Å². The number of nitrogens with zero attached hydrogens (tertiary/aromatic N) is 1. The Morgan fingerprint density at radius 3 is 2.70 bits per heavy atom. The molecule has 5 nitrogen and oxygen atoms in total. The molecule has 1 aromatic carbocycles. The van der Waals surface area contributed by atoms with Gasteiger partial charge in [0, 0.05) is 6.54 Å². The maximum atomic E-state index is 11.8. The van der Waals surface area contributed by atoms with E-state index in [2.05, 4.69) is 10.1 Å². The van der Waals surface area contributed by atoms with Gasteiger partial charge in [-0.25, -0.2) is 0 Å². The van der Waals surface area contributed by atoms with Crippen molar-refractivity contribution < 1.29 is 14.3 Å². The van der Waals surface area contributed by atoms with Gasteiger partial charge in [0.2, 0.25) is 5.91 Å². The summed E-state index contributed by atoms with van der Waals surface area (Å²) in [6, 6.07) is 5.44. The van der Waals surface area contributed by atoms with E-state index in [4.69, 9.17) is 11.6 Å². The molecular formula is C14H19ClN2O3. The number of carbonyl (C=O) groups excluding carboxylic acids is 2. The van der Waals surface area contributed by atoms with Gasteiger partial charge in [-0.3, -0.25) is 14.5 Å². The number of rotatable bonds is 6. The second-order valence-electron chi connectivity index (χ2n) is 4.60. The first-order valence-corrected chi connectivity index (χ1v) is 6.61. The van der Waals surface area contributed by atoms with Crippen molar-refractivity contribution in [3.05, 3.63) is 28.8 Å². The van der Waals surface area contributed by atoms with Crippen LogP contribution in [0.15, 0.2) is 18.2 Å². The van der Waals surface area contributed by atoms with Crippen molar-refractivity contribution in [3.8, 4) is 0 Å². The Hall–Kier alpha value is -1.59. The Kier molecular flexibility index (Phi) is 6.48. The number of hydrogen-bond donors (Lipinski definition) is 1. The van der Waals surface area contributed by atoms with Crippen LogP contribution in [0.2, 0.25) is 5.02 Å². The standard InChI is InChI=1S/C14H19ClN2O3/c1-10-4-5-12(11(15)8-10)16-13(18)9-17(2)7-6-14(19)20-3/h4-5,8H,6-7,9H2,1-3H3,(H,16,18). The molecule has 0 aliphatic carbocycles. The first-order chi connectivity index (χ1) is 9.42. The molecule has 0 unspecified atom stereocenters. The Morgan fingerprint density at radius 1 is 1.40 bits per heavy atom. The van der Waals surface area contributed by atoms with Gasteiger partial charge in [-0.05, 0) is 31.7 Å². The molecule has 6 heteroatoms. The normalized spacial score (nSPS) is 10.4. The van der Waals surface area contributed by atoms with Crippen molar-refractivity contribution in [2.75, 3.05) is 32.6 Å². The van der Waals surface area contributed by atoms with Crippen LogP contribution in [-0.4, -0.2) is 44.0 Å². The van der Waals surface area contributed by atoms with Gasteiger partial charge >= 0.3 is 5.97 Å². The second kappa shape index (κ2) is 7.87. The highest BCUT2D eigenvalue weighted by Gasteiger charge is 2.10. The van der Waals surface area contributed by atoms with Crippen LogP contribution < -0.4 is 5.32 Å². The number of likely N-dealkylation sites (N-methyl/N-ethyl adjacent to an activating group) is 1. The van der Waals surface area contributed by atoms with E-state index in [1.807, 2.05) is 13.0 Å². The molecule has 0 aliphatic rings. The number of amides is 1. The lowest BCUT2D eigenvalue weighted by Crippen LogP contribution is -2.32. The molecule has 20 heavy (non-hydrogen) atoms. The maximum Gasteiger partial charge on any atom is 0.306 e. The highest BCUT2D eigenvalue weighted by Crippen LogP contribution is 2.22. The monoisotopic (exact) mass is 298 g/mol. The lowest BCUT2D eigenvalue weighted by atomic mass is 10.2. The van der Waals surface area contributed by atoms with Crippen LogP contribution in [0, 0.1) is 6.92 Å². The summed E-state index contributed by atoms with van der Waals surface area (Å²) < 4.78 is 4.54. The molecule has 0 spiro atoms. The van der Waals surface area contributed by atoms with Crippen LogP contribution in [0.3, 0.4) is 0 Å². The van der Waals surface area contributed by atoms with Crippen LogP contribution in [0.1, 0.15) is 12.0 Å². The minimum Gasteiger partial charge on any atom is -0.469 e. The molecule has 0 saturated heterocycles. The number of ether oxygens (including phenoxy) is 1. The molecule has 0 fully saturated rings.